The molecule has 1 fully saturated rings. The van der Waals surface area contributed by atoms with Crippen molar-refractivity contribution in [2.24, 2.45) is 11.8 Å². The summed E-state index contributed by atoms with van der Waals surface area (Å²) in [4.78, 5) is 25.7. The maximum Gasteiger partial charge on any atom is 0.338 e. The summed E-state index contributed by atoms with van der Waals surface area (Å²) in [6.07, 6.45) is -0.943. The Morgan fingerprint density at radius 1 is 0.926 bits per heavy atom. The van der Waals surface area contributed by atoms with E-state index < -0.39 is 17.6 Å². The fourth-order valence-electron chi connectivity index (χ4n) is 3.29. The van der Waals surface area contributed by atoms with Crippen LogP contribution in [0.2, 0.25) is 0 Å². The van der Waals surface area contributed by atoms with Crippen LogP contribution >= 0.6 is 11.8 Å². The summed E-state index contributed by atoms with van der Waals surface area (Å²) in [7, 11) is 0. The average molecular weight is 384 g/mol. The highest BCUT2D eigenvalue weighted by atomic mass is 32.2. The van der Waals surface area contributed by atoms with Crippen LogP contribution in [0.1, 0.15) is 31.1 Å². The number of carbonyl (C=O) groups excluding carboxylic acids is 2. The third-order valence-electron chi connectivity index (χ3n) is 5.02. The Morgan fingerprint density at radius 2 is 1.52 bits per heavy atom. The van der Waals surface area contributed by atoms with E-state index in [9.17, 15) is 9.59 Å². The van der Waals surface area contributed by atoms with Crippen molar-refractivity contribution in [2.75, 3.05) is 0 Å². The van der Waals surface area contributed by atoms with Gasteiger partial charge in [0, 0.05) is 10.8 Å². The SMILES string of the molecule is CC(=O)C1O[C@@H](Sc2ccccc2)C(OC(=O)c2ccccc2)[C@@H](C)[C@H]1C. The first kappa shape index (κ1) is 19.6. The average Bonchev–Trinajstić information content (AvgIpc) is 2.68. The zero-order valence-corrected chi connectivity index (χ0v) is 16.5. The third-order valence-corrected chi connectivity index (χ3v) is 6.18. The fraction of sp³-hybridized carbons (Fsp3) is 0.364. The number of thioether (sulfide) groups is 1. The van der Waals surface area contributed by atoms with Gasteiger partial charge in [-0.05, 0) is 37.1 Å². The molecule has 2 aromatic carbocycles. The van der Waals surface area contributed by atoms with E-state index in [1.165, 1.54) is 11.8 Å². The molecule has 0 aromatic heterocycles. The first-order chi connectivity index (χ1) is 13.0. The minimum absolute atomic E-state index is 0.000785. The number of hydrogen-bond acceptors (Lipinski definition) is 5. The lowest BCUT2D eigenvalue weighted by atomic mass is 9.82. The predicted molar refractivity (Wildman–Crippen MR) is 106 cm³/mol. The van der Waals surface area contributed by atoms with Crippen molar-refractivity contribution in [3.8, 4) is 0 Å². The molecule has 4 nitrogen and oxygen atoms in total. The number of hydrogen-bond donors (Lipinski definition) is 0. The number of carbonyl (C=O) groups is 2. The maximum atomic E-state index is 12.6. The van der Waals surface area contributed by atoms with Crippen LogP contribution in [0.3, 0.4) is 0 Å². The number of esters is 1. The smallest absolute Gasteiger partial charge is 0.338 e. The molecular weight excluding hydrogens is 360 g/mol. The number of benzene rings is 2. The van der Waals surface area contributed by atoms with Gasteiger partial charge in [-0.25, -0.2) is 4.79 Å². The normalized spacial score (nSPS) is 27.7. The van der Waals surface area contributed by atoms with Gasteiger partial charge in [-0.1, -0.05) is 62.0 Å². The Kier molecular flexibility index (Phi) is 6.34. The third kappa shape index (κ3) is 4.60. The van der Waals surface area contributed by atoms with E-state index in [4.69, 9.17) is 9.47 Å². The first-order valence-corrected chi connectivity index (χ1v) is 9.99. The predicted octanol–water partition coefficient (Wildman–Crippen LogP) is 4.59. The molecule has 142 valence electrons. The summed E-state index contributed by atoms with van der Waals surface area (Å²) in [6, 6.07) is 18.7. The molecule has 2 unspecified atom stereocenters. The van der Waals surface area contributed by atoms with Crippen molar-refractivity contribution in [1.82, 2.24) is 0 Å². The summed E-state index contributed by atoms with van der Waals surface area (Å²) in [5.41, 5.74) is 0.0645. The van der Waals surface area contributed by atoms with Crippen LogP contribution in [-0.2, 0) is 14.3 Å². The highest BCUT2D eigenvalue weighted by Crippen LogP contribution is 2.40. The summed E-state index contributed by atoms with van der Waals surface area (Å²) in [5.74, 6) is -0.422. The van der Waals surface area contributed by atoms with Gasteiger partial charge in [-0.2, -0.15) is 0 Å². The topological polar surface area (TPSA) is 52.6 Å². The molecule has 0 saturated carbocycles. The van der Waals surface area contributed by atoms with E-state index in [0.717, 1.165) is 4.90 Å². The van der Waals surface area contributed by atoms with Crippen molar-refractivity contribution >= 4 is 23.5 Å². The molecule has 1 aliphatic heterocycles. The van der Waals surface area contributed by atoms with E-state index in [0.29, 0.717) is 5.56 Å². The molecule has 0 bridgehead atoms. The standard InChI is InChI=1S/C22H24O4S/c1-14-15(2)20(25-21(24)17-10-6-4-7-11-17)22(26-19(14)16(3)23)27-18-12-8-5-9-13-18/h4-15,19-20,22H,1-3H3/t14-,15+,19?,20?,22+/m1/s1. The van der Waals surface area contributed by atoms with Gasteiger partial charge < -0.3 is 9.47 Å². The van der Waals surface area contributed by atoms with Gasteiger partial charge in [-0.3, -0.25) is 4.79 Å². The number of ether oxygens (including phenoxy) is 2. The van der Waals surface area contributed by atoms with Gasteiger partial charge in [-0.15, -0.1) is 0 Å². The number of Topliss-reactive ketones (excluding diaryl/α,β-unsaturated/α-hetero) is 1. The lowest BCUT2D eigenvalue weighted by Gasteiger charge is -2.43. The molecule has 1 heterocycles. The second-order valence-corrected chi connectivity index (χ2v) is 8.09. The molecule has 1 saturated heterocycles. The van der Waals surface area contributed by atoms with E-state index in [1.54, 1.807) is 19.1 Å². The van der Waals surface area contributed by atoms with Crippen LogP contribution in [0.15, 0.2) is 65.6 Å². The van der Waals surface area contributed by atoms with Crippen molar-refractivity contribution in [2.45, 2.75) is 43.3 Å². The van der Waals surface area contributed by atoms with Crippen molar-refractivity contribution in [3.05, 3.63) is 66.2 Å². The van der Waals surface area contributed by atoms with Crippen LogP contribution in [0.25, 0.3) is 0 Å². The first-order valence-electron chi connectivity index (χ1n) is 9.11. The van der Waals surface area contributed by atoms with E-state index in [-0.39, 0.29) is 23.6 Å². The molecule has 0 radical (unpaired) electrons. The zero-order valence-electron chi connectivity index (χ0n) is 15.7. The Labute approximate surface area is 164 Å². The molecule has 0 aliphatic carbocycles. The summed E-state index contributed by atoms with van der Waals surface area (Å²) < 4.78 is 12.0. The van der Waals surface area contributed by atoms with E-state index in [1.807, 2.05) is 62.4 Å². The quantitative estimate of drug-likeness (QED) is 0.706. The fourth-order valence-corrected chi connectivity index (χ4v) is 4.49. The minimum atomic E-state index is -0.493. The molecule has 3 rings (SSSR count). The molecule has 0 spiro atoms. The molecule has 27 heavy (non-hydrogen) atoms. The Hall–Kier alpha value is -2.11. The Bertz CT molecular complexity index is 777. The highest BCUT2D eigenvalue weighted by Gasteiger charge is 2.45. The molecule has 5 heteroatoms. The maximum absolute atomic E-state index is 12.6. The summed E-state index contributed by atoms with van der Waals surface area (Å²) in [5, 5.41) is 0. The zero-order chi connectivity index (χ0) is 19.4. The highest BCUT2D eigenvalue weighted by molar-refractivity contribution is 7.99. The second-order valence-electron chi connectivity index (χ2n) is 6.92. The molecule has 0 amide bonds. The Morgan fingerprint density at radius 3 is 2.11 bits per heavy atom. The van der Waals surface area contributed by atoms with Crippen molar-refractivity contribution in [1.29, 1.82) is 0 Å². The van der Waals surface area contributed by atoms with E-state index in [2.05, 4.69) is 0 Å². The molecule has 5 atom stereocenters. The van der Waals surface area contributed by atoms with Crippen LogP contribution < -0.4 is 0 Å². The van der Waals surface area contributed by atoms with E-state index >= 15 is 0 Å². The van der Waals surface area contributed by atoms with Crippen molar-refractivity contribution in [3.63, 3.8) is 0 Å². The van der Waals surface area contributed by atoms with Gasteiger partial charge in [0.1, 0.15) is 17.6 Å². The molecule has 0 N–H and O–H groups in total. The number of rotatable bonds is 5. The molecular formula is C22H24O4S. The largest absolute Gasteiger partial charge is 0.455 e. The summed E-state index contributed by atoms with van der Waals surface area (Å²) in [6.45, 7) is 5.54. The van der Waals surface area contributed by atoms with Gasteiger partial charge in [0.25, 0.3) is 0 Å². The van der Waals surface area contributed by atoms with Crippen LogP contribution in [0, 0.1) is 11.8 Å². The lowest BCUT2D eigenvalue weighted by Crippen LogP contribution is -2.51. The lowest BCUT2D eigenvalue weighted by molar-refractivity contribution is -0.158. The van der Waals surface area contributed by atoms with Gasteiger partial charge >= 0.3 is 5.97 Å². The van der Waals surface area contributed by atoms with Gasteiger partial charge in [0.05, 0.1) is 5.56 Å². The monoisotopic (exact) mass is 384 g/mol. The summed E-state index contributed by atoms with van der Waals surface area (Å²) >= 11 is 1.49. The molecule has 1 aliphatic rings. The Balaban J connectivity index is 1.84. The van der Waals surface area contributed by atoms with Crippen LogP contribution in [0.4, 0.5) is 0 Å². The van der Waals surface area contributed by atoms with Crippen LogP contribution in [0.5, 0.6) is 0 Å². The van der Waals surface area contributed by atoms with Crippen molar-refractivity contribution < 1.29 is 19.1 Å². The second kappa shape index (κ2) is 8.72. The minimum Gasteiger partial charge on any atom is -0.455 e. The molecule has 2 aromatic rings. The van der Waals surface area contributed by atoms with Gasteiger partial charge in [0.2, 0.25) is 0 Å². The van der Waals surface area contributed by atoms with Gasteiger partial charge in [0.15, 0.2) is 5.78 Å². The van der Waals surface area contributed by atoms with Crippen LogP contribution in [-0.4, -0.2) is 29.4 Å². The number of ketones is 1.